The molecule has 5 rings (SSSR count). The Kier molecular flexibility index (Phi) is 5.09. The van der Waals surface area contributed by atoms with Crippen molar-refractivity contribution in [2.45, 2.75) is 6.92 Å². The molecule has 168 valence electrons. The van der Waals surface area contributed by atoms with Crippen LogP contribution in [0.15, 0.2) is 65.5 Å². The van der Waals surface area contributed by atoms with E-state index in [-0.39, 0.29) is 5.69 Å². The smallest absolute Gasteiger partial charge is 0.267 e. The number of aryl methyl sites for hydroxylation is 2. The molecule has 0 saturated carbocycles. The van der Waals surface area contributed by atoms with Gasteiger partial charge in [0, 0.05) is 18.0 Å². The number of pyridine rings is 1. The summed E-state index contributed by atoms with van der Waals surface area (Å²) >= 11 is 0. The molecule has 0 atom stereocenters. The Morgan fingerprint density at radius 1 is 0.941 bits per heavy atom. The molecule has 0 aliphatic carbocycles. The second-order valence-electron chi connectivity index (χ2n) is 7.68. The van der Waals surface area contributed by atoms with Crippen LogP contribution in [0.25, 0.3) is 33.1 Å². The van der Waals surface area contributed by atoms with Crippen LogP contribution in [0.2, 0.25) is 0 Å². The number of benzene rings is 2. The lowest BCUT2D eigenvalue weighted by Gasteiger charge is -2.11. The highest BCUT2D eigenvalue weighted by atomic mass is 16.2. The second-order valence-corrected chi connectivity index (χ2v) is 7.68. The first kappa shape index (κ1) is 21.0. The summed E-state index contributed by atoms with van der Waals surface area (Å²) in [5.41, 5.74) is 7.34. The number of aromatic amines is 1. The van der Waals surface area contributed by atoms with Crippen LogP contribution in [0.1, 0.15) is 26.5 Å². The van der Waals surface area contributed by atoms with Crippen molar-refractivity contribution in [1.29, 1.82) is 0 Å². The van der Waals surface area contributed by atoms with Crippen molar-refractivity contribution in [3.05, 3.63) is 88.0 Å². The SMILES string of the molecule is Cc1nn(C)c2nc(-c3ccccc3)cc(C(=O)NNC(=O)c3n[nH]c(=O)c4ccccc34)c12. The molecule has 2 aromatic carbocycles. The third-order valence-electron chi connectivity index (χ3n) is 5.48. The average molecular weight is 453 g/mol. The molecule has 0 aliphatic heterocycles. The van der Waals surface area contributed by atoms with E-state index in [0.717, 1.165) is 5.56 Å². The molecule has 0 radical (unpaired) electrons. The van der Waals surface area contributed by atoms with Gasteiger partial charge in [0.1, 0.15) is 0 Å². The molecule has 0 spiro atoms. The van der Waals surface area contributed by atoms with E-state index in [1.54, 1.807) is 49.0 Å². The van der Waals surface area contributed by atoms with Gasteiger partial charge in [-0.3, -0.25) is 29.9 Å². The first-order valence-electron chi connectivity index (χ1n) is 10.4. The van der Waals surface area contributed by atoms with Gasteiger partial charge in [0.2, 0.25) is 0 Å². The zero-order valence-corrected chi connectivity index (χ0v) is 18.3. The summed E-state index contributed by atoms with van der Waals surface area (Å²) in [6, 6.07) is 17.7. The van der Waals surface area contributed by atoms with E-state index < -0.39 is 17.4 Å². The van der Waals surface area contributed by atoms with Gasteiger partial charge < -0.3 is 0 Å². The normalized spacial score (nSPS) is 11.0. The maximum absolute atomic E-state index is 13.2. The van der Waals surface area contributed by atoms with Crippen LogP contribution in [-0.4, -0.2) is 36.8 Å². The standard InChI is InChI=1S/C24H19N7O3/c1-13-19-17(12-18(14-8-4-3-5-9-14)25-21(19)31(2)30-13)23(33)28-29-24(34)20-15-10-6-7-11-16(15)22(32)27-26-20/h3-12H,1-2H3,(H,27,32)(H,28,33)(H,29,34). The predicted octanol–water partition coefficient (Wildman–Crippen LogP) is 2.26. The Labute approximate surface area is 192 Å². The van der Waals surface area contributed by atoms with Crippen molar-refractivity contribution >= 4 is 33.6 Å². The number of aromatic nitrogens is 5. The number of hydrazine groups is 1. The van der Waals surface area contributed by atoms with Crippen LogP contribution in [0.4, 0.5) is 0 Å². The summed E-state index contributed by atoms with van der Waals surface area (Å²) in [5.74, 6) is -1.21. The van der Waals surface area contributed by atoms with E-state index in [9.17, 15) is 14.4 Å². The number of nitrogens with zero attached hydrogens (tertiary/aromatic N) is 4. The molecule has 2 amide bonds. The number of rotatable bonds is 3. The Hall–Kier alpha value is -4.86. The maximum atomic E-state index is 13.2. The van der Waals surface area contributed by atoms with Crippen LogP contribution in [0.3, 0.4) is 0 Å². The molecular weight excluding hydrogens is 434 g/mol. The minimum absolute atomic E-state index is 0.0158. The van der Waals surface area contributed by atoms with Gasteiger partial charge in [-0.05, 0) is 19.1 Å². The summed E-state index contributed by atoms with van der Waals surface area (Å²) in [7, 11) is 1.76. The highest BCUT2D eigenvalue weighted by Crippen LogP contribution is 2.26. The summed E-state index contributed by atoms with van der Waals surface area (Å²) in [6.07, 6.45) is 0. The Bertz CT molecular complexity index is 1640. The number of hydrogen-bond donors (Lipinski definition) is 3. The van der Waals surface area contributed by atoms with Crippen LogP contribution in [0.5, 0.6) is 0 Å². The minimum Gasteiger partial charge on any atom is -0.267 e. The van der Waals surface area contributed by atoms with E-state index in [1.165, 1.54) is 0 Å². The van der Waals surface area contributed by atoms with Gasteiger partial charge in [0.15, 0.2) is 11.3 Å². The quantitative estimate of drug-likeness (QED) is 0.359. The zero-order chi connectivity index (χ0) is 23.8. The summed E-state index contributed by atoms with van der Waals surface area (Å²) in [6.45, 7) is 1.79. The van der Waals surface area contributed by atoms with Gasteiger partial charge in [0.25, 0.3) is 17.4 Å². The van der Waals surface area contributed by atoms with Crippen molar-refractivity contribution in [2.75, 3.05) is 0 Å². The van der Waals surface area contributed by atoms with E-state index in [1.807, 2.05) is 30.3 Å². The fourth-order valence-electron chi connectivity index (χ4n) is 3.91. The predicted molar refractivity (Wildman–Crippen MR) is 126 cm³/mol. The molecule has 3 aromatic heterocycles. The lowest BCUT2D eigenvalue weighted by Crippen LogP contribution is -2.42. The van der Waals surface area contributed by atoms with Gasteiger partial charge in [-0.1, -0.05) is 48.5 Å². The monoisotopic (exact) mass is 453 g/mol. The summed E-state index contributed by atoms with van der Waals surface area (Å²) in [4.78, 5) is 42.6. The number of amides is 2. The number of fused-ring (bicyclic) bond motifs is 2. The number of carbonyl (C=O) groups excluding carboxylic acids is 2. The Balaban J connectivity index is 1.49. The molecule has 34 heavy (non-hydrogen) atoms. The average Bonchev–Trinajstić information content (AvgIpc) is 3.16. The Morgan fingerprint density at radius 3 is 2.38 bits per heavy atom. The van der Waals surface area contributed by atoms with Crippen LogP contribution in [-0.2, 0) is 7.05 Å². The molecule has 3 heterocycles. The highest BCUT2D eigenvalue weighted by Gasteiger charge is 2.21. The van der Waals surface area contributed by atoms with Crippen molar-refractivity contribution in [3.8, 4) is 11.3 Å². The topological polar surface area (TPSA) is 135 Å². The molecule has 0 unspecified atom stereocenters. The van der Waals surface area contributed by atoms with Gasteiger partial charge in [-0.25, -0.2) is 10.1 Å². The molecule has 3 N–H and O–H groups in total. The molecule has 10 nitrogen and oxygen atoms in total. The highest BCUT2D eigenvalue weighted by molar-refractivity contribution is 6.09. The van der Waals surface area contributed by atoms with E-state index in [4.69, 9.17) is 0 Å². The zero-order valence-electron chi connectivity index (χ0n) is 18.3. The number of hydrogen-bond acceptors (Lipinski definition) is 6. The van der Waals surface area contributed by atoms with E-state index in [2.05, 4.69) is 31.1 Å². The molecule has 0 fully saturated rings. The fourth-order valence-corrected chi connectivity index (χ4v) is 3.91. The molecule has 0 bridgehead atoms. The molecular formula is C24H19N7O3. The maximum Gasteiger partial charge on any atom is 0.290 e. The molecule has 5 aromatic rings. The second kappa shape index (κ2) is 8.24. The van der Waals surface area contributed by atoms with Gasteiger partial charge in [-0.15, -0.1) is 0 Å². The number of nitrogens with one attached hydrogen (secondary N) is 3. The van der Waals surface area contributed by atoms with Gasteiger partial charge in [0.05, 0.1) is 27.7 Å². The van der Waals surface area contributed by atoms with E-state index >= 15 is 0 Å². The third-order valence-corrected chi connectivity index (χ3v) is 5.48. The summed E-state index contributed by atoms with van der Waals surface area (Å²) in [5, 5.41) is 11.8. The largest absolute Gasteiger partial charge is 0.290 e. The fraction of sp³-hybridized carbons (Fsp3) is 0.0833. The minimum atomic E-state index is -0.669. The van der Waals surface area contributed by atoms with Crippen molar-refractivity contribution < 1.29 is 9.59 Å². The van der Waals surface area contributed by atoms with Crippen LogP contribution in [0, 0.1) is 6.92 Å². The Morgan fingerprint density at radius 2 is 1.62 bits per heavy atom. The molecule has 10 heteroatoms. The van der Waals surface area contributed by atoms with Crippen molar-refractivity contribution in [2.24, 2.45) is 7.05 Å². The molecule has 0 saturated heterocycles. The van der Waals surface area contributed by atoms with E-state index in [0.29, 0.717) is 38.8 Å². The lowest BCUT2D eigenvalue weighted by atomic mass is 10.1. The number of H-pyrrole nitrogens is 1. The van der Waals surface area contributed by atoms with Gasteiger partial charge >= 0.3 is 0 Å². The first-order valence-corrected chi connectivity index (χ1v) is 10.4. The van der Waals surface area contributed by atoms with Crippen molar-refractivity contribution in [1.82, 2.24) is 35.8 Å². The lowest BCUT2D eigenvalue weighted by molar-refractivity contribution is 0.0845. The van der Waals surface area contributed by atoms with Crippen LogP contribution >= 0.6 is 0 Å². The van der Waals surface area contributed by atoms with Gasteiger partial charge in [-0.2, -0.15) is 10.2 Å². The first-order chi connectivity index (χ1) is 16.4. The van der Waals surface area contributed by atoms with Crippen LogP contribution < -0.4 is 16.4 Å². The number of carbonyl (C=O) groups is 2. The molecule has 0 aliphatic rings. The summed E-state index contributed by atoms with van der Waals surface area (Å²) < 4.78 is 1.61. The third kappa shape index (κ3) is 3.56. The van der Waals surface area contributed by atoms with Crippen molar-refractivity contribution in [3.63, 3.8) is 0 Å².